The Morgan fingerprint density at radius 2 is 1.65 bits per heavy atom. The summed E-state index contributed by atoms with van der Waals surface area (Å²) in [5.74, 6) is -0.476. The topological polar surface area (TPSA) is 111 Å². The van der Waals surface area contributed by atoms with Gasteiger partial charge in [0.2, 0.25) is 5.91 Å². The van der Waals surface area contributed by atoms with Gasteiger partial charge in [0, 0.05) is 36.0 Å². The van der Waals surface area contributed by atoms with Crippen molar-refractivity contribution in [1.29, 1.82) is 0 Å². The number of fused-ring (bicyclic) bond motifs is 1. The number of pyridine rings is 1. The van der Waals surface area contributed by atoms with Crippen LogP contribution in [0.3, 0.4) is 0 Å². The molecule has 0 spiro atoms. The molecule has 236 valence electrons. The quantitative estimate of drug-likeness (QED) is 0.117. The maximum absolute atomic E-state index is 12.7. The molecule has 3 heterocycles. The van der Waals surface area contributed by atoms with Gasteiger partial charge in [-0.15, -0.1) is 0 Å². The van der Waals surface area contributed by atoms with Crippen LogP contribution in [0.5, 0.6) is 0 Å². The summed E-state index contributed by atoms with van der Waals surface area (Å²) in [7, 11) is 0. The van der Waals surface area contributed by atoms with Crippen molar-refractivity contribution in [2.75, 3.05) is 11.9 Å². The second kappa shape index (κ2) is 16.2. The monoisotopic (exact) mass is 604 g/mol. The predicted octanol–water partition coefficient (Wildman–Crippen LogP) is 7.17. The SMILES string of the molecule is CCCCCCCCCCCC(=O)OCn1cc(-c2nccc(N[C@](C)(CC)C(=O)NCC(F)(F)F)n2)c2cccnc21. The zero-order chi connectivity index (χ0) is 31.3. The zero-order valence-electron chi connectivity index (χ0n) is 25.3. The van der Waals surface area contributed by atoms with Gasteiger partial charge < -0.3 is 15.4 Å². The highest BCUT2D eigenvalue weighted by atomic mass is 19.4. The van der Waals surface area contributed by atoms with Crippen LogP contribution in [0.15, 0.2) is 36.8 Å². The molecule has 0 saturated carbocycles. The summed E-state index contributed by atoms with van der Waals surface area (Å²) in [5.41, 5.74) is -0.128. The van der Waals surface area contributed by atoms with Gasteiger partial charge in [0.25, 0.3) is 0 Å². The number of hydrogen-bond acceptors (Lipinski definition) is 7. The number of nitrogens with zero attached hydrogens (tertiary/aromatic N) is 4. The minimum atomic E-state index is -4.52. The number of hydrogen-bond donors (Lipinski definition) is 2. The fraction of sp³-hybridized carbons (Fsp3) is 0.581. The van der Waals surface area contributed by atoms with Gasteiger partial charge in [-0.1, -0.05) is 65.2 Å². The molecule has 3 rings (SSSR count). The first-order valence-corrected chi connectivity index (χ1v) is 15.1. The molecule has 0 saturated heterocycles. The lowest BCUT2D eigenvalue weighted by Crippen LogP contribution is -2.52. The van der Waals surface area contributed by atoms with Crippen LogP contribution in [0.1, 0.15) is 91.4 Å². The van der Waals surface area contributed by atoms with Crippen LogP contribution in [-0.4, -0.2) is 49.7 Å². The standard InChI is InChI=1S/C31H43F3N6O3/c1-4-6-7-8-9-10-11-12-13-16-26(41)43-22-40-20-24(23-15-14-18-36-28(23)40)27-35-19-17-25(38-27)39-30(3,5-2)29(42)37-21-31(32,33)34/h14-15,17-20H,4-13,16,21-22H2,1-3H3,(H,37,42)(H,35,38,39)/t30-/m1/s1. The Kier molecular flexibility index (Phi) is 12.8. The third-order valence-electron chi connectivity index (χ3n) is 7.44. The molecule has 12 heteroatoms. The molecular weight excluding hydrogens is 561 g/mol. The lowest BCUT2D eigenvalue weighted by Gasteiger charge is -2.29. The Hall–Kier alpha value is -3.70. The highest BCUT2D eigenvalue weighted by Gasteiger charge is 2.35. The van der Waals surface area contributed by atoms with Crippen LogP contribution < -0.4 is 10.6 Å². The molecule has 0 aliphatic rings. The van der Waals surface area contributed by atoms with Gasteiger partial charge in [0.1, 0.15) is 23.5 Å². The lowest BCUT2D eigenvalue weighted by atomic mass is 9.97. The highest BCUT2D eigenvalue weighted by molar-refractivity contribution is 5.92. The van der Waals surface area contributed by atoms with E-state index in [1.165, 1.54) is 51.6 Å². The van der Waals surface area contributed by atoms with E-state index in [0.29, 0.717) is 23.5 Å². The fourth-order valence-corrected chi connectivity index (χ4v) is 4.71. The number of amides is 1. The highest BCUT2D eigenvalue weighted by Crippen LogP contribution is 2.29. The van der Waals surface area contributed by atoms with Gasteiger partial charge in [-0.05, 0) is 38.0 Å². The molecule has 3 aromatic rings. The van der Waals surface area contributed by atoms with Gasteiger partial charge in [-0.2, -0.15) is 13.2 Å². The first kappa shape index (κ1) is 33.8. The number of alkyl halides is 3. The van der Waals surface area contributed by atoms with Crippen molar-refractivity contribution < 1.29 is 27.5 Å². The average molecular weight is 605 g/mol. The smallest absolute Gasteiger partial charge is 0.405 e. The number of unbranched alkanes of at least 4 members (excludes halogenated alkanes) is 8. The van der Waals surface area contributed by atoms with Crippen molar-refractivity contribution in [3.63, 3.8) is 0 Å². The first-order valence-electron chi connectivity index (χ1n) is 15.1. The van der Waals surface area contributed by atoms with E-state index >= 15 is 0 Å². The number of halogens is 3. The third-order valence-corrected chi connectivity index (χ3v) is 7.44. The van der Waals surface area contributed by atoms with E-state index in [1.54, 1.807) is 36.0 Å². The number of anilines is 1. The predicted molar refractivity (Wildman–Crippen MR) is 160 cm³/mol. The Balaban J connectivity index is 1.62. The van der Waals surface area contributed by atoms with E-state index in [-0.39, 0.29) is 24.9 Å². The number of ether oxygens (including phenoxy) is 1. The molecule has 1 atom stereocenters. The van der Waals surface area contributed by atoms with Crippen LogP contribution in [0.4, 0.5) is 19.0 Å². The van der Waals surface area contributed by atoms with E-state index in [4.69, 9.17) is 4.74 Å². The van der Waals surface area contributed by atoms with Gasteiger partial charge in [-0.3, -0.25) is 14.2 Å². The summed E-state index contributed by atoms with van der Waals surface area (Å²) < 4.78 is 45.2. The molecule has 0 aliphatic heterocycles. The van der Waals surface area contributed by atoms with Crippen molar-refractivity contribution in [3.05, 3.63) is 36.8 Å². The molecule has 0 radical (unpaired) electrons. The average Bonchev–Trinajstić information content (AvgIpc) is 3.36. The van der Waals surface area contributed by atoms with Crippen LogP contribution in [-0.2, 0) is 21.1 Å². The second-order valence-electron chi connectivity index (χ2n) is 11.0. The minimum Gasteiger partial charge on any atom is -0.444 e. The Morgan fingerprint density at radius 3 is 2.33 bits per heavy atom. The largest absolute Gasteiger partial charge is 0.444 e. The maximum atomic E-state index is 12.7. The van der Waals surface area contributed by atoms with Gasteiger partial charge >= 0.3 is 12.1 Å². The summed E-state index contributed by atoms with van der Waals surface area (Å²) in [5, 5.41) is 5.64. The van der Waals surface area contributed by atoms with Gasteiger partial charge in [0.15, 0.2) is 12.6 Å². The van der Waals surface area contributed by atoms with Crippen molar-refractivity contribution in [3.8, 4) is 11.4 Å². The first-order chi connectivity index (χ1) is 20.6. The molecule has 0 fully saturated rings. The third kappa shape index (κ3) is 10.5. The minimum absolute atomic E-state index is 0.0189. The number of carbonyl (C=O) groups excluding carboxylic acids is 2. The summed E-state index contributed by atoms with van der Waals surface area (Å²) in [6, 6.07) is 5.16. The van der Waals surface area contributed by atoms with Crippen LogP contribution in [0, 0.1) is 0 Å². The van der Waals surface area contributed by atoms with Gasteiger partial charge in [-0.25, -0.2) is 15.0 Å². The molecule has 43 heavy (non-hydrogen) atoms. The van der Waals surface area contributed by atoms with Crippen molar-refractivity contribution >= 4 is 28.7 Å². The van der Waals surface area contributed by atoms with E-state index in [2.05, 4.69) is 27.2 Å². The second-order valence-corrected chi connectivity index (χ2v) is 11.0. The molecule has 2 N–H and O–H groups in total. The summed E-state index contributed by atoms with van der Waals surface area (Å²) in [6.07, 6.45) is 11.4. The number of carbonyl (C=O) groups is 2. The van der Waals surface area contributed by atoms with Crippen LogP contribution >= 0.6 is 0 Å². The zero-order valence-corrected chi connectivity index (χ0v) is 25.3. The van der Waals surface area contributed by atoms with E-state index < -0.39 is 24.2 Å². The Bertz CT molecular complexity index is 1330. The van der Waals surface area contributed by atoms with Crippen LogP contribution in [0.25, 0.3) is 22.4 Å². The number of esters is 1. The lowest BCUT2D eigenvalue weighted by molar-refractivity contribution is -0.147. The van der Waals surface area contributed by atoms with E-state index in [9.17, 15) is 22.8 Å². The fourth-order valence-electron chi connectivity index (χ4n) is 4.71. The molecule has 1 amide bonds. The number of rotatable bonds is 18. The summed E-state index contributed by atoms with van der Waals surface area (Å²) in [6.45, 7) is 3.98. The summed E-state index contributed by atoms with van der Waals surface area (Å²) >= 11 is 0. The molecule has 0 unspecified atom stereocenters. The van der Waals surface area contributed by atoms with Crippen molar-refractivity contribution in [1.82, 2.24) is 24.8 Å². The van der Waals surface area contributed by atoms with E-state index in [0.717, 1.165) is 24.6 Å². The summed E-state index contributed by atoms with van der Waals surface area (Å²) in [4.78, 5) is 38.4. The molecular formula is C31H43F3N6O3. The van der Waals surface area contributed by atoms with Crippen molar-refractivity contribution in [2.24, 2.45) is 0 Å². The Labute approximate surface area is 251 Å². The molecule has 0 aromatic carbocycles. The number of aromatic nitrogens is 4. The van der Waals surface area contributed by atoms with Gasteiger partial charge in [0.05, 0.1) is 0 Å². The molecule has 3 aromatic heterocycles. The number of nitrogens with one attached hydrogen (secondary N) is 2. The molecule has 0 aliphatic carbocycles. The molecule has 0 bridgehead atoms. The van der Waals surface area contributed by atoms with Crippen molar-refractivity contribution in [2.45, 2.75) is 110 Å². The Morgan fingerprint density at radius 1 is 0.953 bits per heavy atom. The maximum Gasteiger partial charge on any atom is 0.405 e. The van der Waals surface area contributed by atoms with Crippen LogP contribution in [0.2, 0.25) is 0 Å². The molecule has 9 nitrogen and oxygen atoms in total. The van der Waals surface area contributed by atoms with E-state index in [1.807, 2.05) is 11.4 Å². The normalized spacial score (nSPS) is 13.1.